The van der Waals surface area contributed by atoms with Crippen molar-refractivity contribution in [1.29, 1.82) is 5.26 Å². The molecule has 3 nitrogen and oxygen atoms in total. The van der Waals surface area contributed by atoms with Gasteiger partial charge in [0.2, 0.25) is 0 Å². The van der Waals surface area contributed by atoms with Gasteiger partial charge in [0.15, 0.2) is 0 Å². The van der Waals surface area contributed by atoms with Gasteiger partial charge in [-0.05, 0) is 18.6 Å². The highest BCUT2D eigenvalue weighted by Crippen LogP contribution is 2.36. The van der Waals surface area contributed by atoms with Gasteiger partial charge in [-0.1, -0.05) is 24.6 Å². The topological polar surface area (TPSA) is 53.2 Å². The van der Waals surface area contributed by atoms with Gasteiger partial charge in [-0.2, -0.15) is 5.26 Å². The van der Waals surface area contributed by atoms with Crippen LogP contribution in [0.3, 0.4) is 0 Å². The predicted molar refractivity (Wildman–Crippen MR) is 62.4 cm³/mol. The minimum atomic E-state index is -0.918. The highest BCUT2D eigenvalue weighted by atomic mass is 35.5. The molecule has 0 bridgehead atoms. The van der Waals surface area contributed by atoms with Crippen molar-refractivity contribution in [2.45, 2.75) is 19.4 Å². The van der Waals surface area contributed by atoms with E-state index in [1.807, 2.05) is 6.92 Å². The van der Waals surface area contributed by atoms with E-state index in [2.05, 4.69) is 6.07 Å². The zero-order chi connectivity index (χ0) is 12.1. The number of aliphatic hydroxyl groups is 1. The lowest BCUT2D eigenvalue weighted by molar-refractivity contribution is 0.129. The third kappa shape index (κ3) is 2.46. The Labute approximate surface area is 100 Å². The van der Waals surface area contributed by atoms with Gasteiger partial charge >= 0.3 is 0 Å². The number of benzene rings is 1. The van der Waals surface area contributed by atoms with Crippen LogP contribution < -0.4 is 4.74 Å². The van der Waals surface area contributed by atoms with Crippen LogP contribution in [0.4, 0.5) is 0 Å². The third-order valence-corrected chi connectivity index (χ3v) is 2.84. The predicted octanol–water partition coefficient (Wildman–Crippen LogP) is 2.93. The highest BCUT2D eigenvalue weighted by molar-refractivity contribution is 6.31. The first-order valence-electron chi connectivity index (χ1n) is 5.05. The Morgan fingerprint density at radius 1 is 1.56 bits per heavy atom. The van der Waals surface area contributed by atoms with Crippen LogP contribution in [0.15, 0.2) is 18.2 Å². The van der Waals surface area contributed by atoms with E-state index >= 15 is 0 Å². The molecule has 0 aliphatic heterocycles. The van der Waals surface area contributed by atoms with Crippen LogP contribution in [0.5, 0.6) is 5.75 Å². The fourth-order valence-electron chi connectivity index (χ4n) is 1.57. The first-order chi connectivity index (χ1) is 7.65. The number of aliphatic hydroxyl groups excluding tert-OH is 1. The quantitative estimate of drug-likeness (QED) is 0.879. The van der Waals surface area contributed by atoms with Crippen molar-refractivity contribution in [2.75, 3.05) is 7.11 Å². The number of rotatable bonds is 4. The van der Waals surface area contributed by atoms with Crippen LogP contribution in [0.25, 0.3) is 0 Å². The van der Waals surface area contributed by atoms with E-state index in [0.717, 1.165) is 0 Å². The SMILES string of the molecule is CCC(C#N)C(O)c1c(Cl)cccc1OC. The lowest BCUT2D eigenvalue weighted by Gasteiger charge is -2.19. The minimum Gasteiger partial charge on any atom is -0.496 e. The van der Waals surface area contributed by atoms with Crippen molar-refractivity contribution in [2.24, 2.45) is 5.92 Å². The maximum atomic E-state index is 10.1. The van der Waals surface area contributed by atoms with Crippen LogP contribution in [0.2, 0.25) is 5.02 Å². The summed E-state index contributed by atoms with van der Waals surface area (Å²) in [5.41, 5.74) is 0.486. The summed E-state index contributed by atoms with van der Waals surface area (Å²) in [4.78, 5) is 0. The molecule has 16 heavy (non-hydrogen) atoms. The van der Waals surface area contributed by atoms with Gasteiger partial charge in [-0.25, -0.2) is 0 Å². The molecule has 0 amide bonds. The molecule has 0 heterocycles. The Morgan fingerprint density at radius 3 is 2.75 bits per heavy atom. The first kappa shape index (κ1) is 12.8. The fourth-order valence-corrected chi connectivity index (χ4v) is 1.85. The summed E-state index contributed by atoms with van der Waals surface area (Å²) in [6.07, 6.45) is -0.356. The largest absolute Gasteiger partial charge is 0.496 e. The Balaban J connectivity index is 3.16. The monoisotopic (exact) mass is 239 g/mol. The standard InChI is InChI=1S/C12H14ClNO2/c1-3-8(7-14)12(15)11-9(13)5-4-6-10(11)16-2/h4-6,8,12,15H,3H2,1-2H3. The molecular formula is C12H14ClNO2. The maximum absolute atomic E-state index is 10.1. The Morgan fingerprint density at radius 2 is 2.25 bits per heavy atom. The van der Waals surface area contributed by atoms with Crippen molar-refractivity contribution in [3.8, 4) is 11.8 Å². The number of nitriles is 1. The van der Waals surface area contributed by atoms with Gasteiger partial charge in [0.1, 0.15) is 5.75 Å². The minimum absolute atomic E-state index is 0.417. The molecule has 0 saturated carbocycles. The molecule has 1 N–H and O–H groups in total. The van der Waals surface area contributed by atoms with Gasteiger partial charge in [0.05, 0.1) is 30.2 Å². The second kappa shape index (κ2) is 5.74. The van der Waals surface area contributed by atoms with E-state index in [4.69, 9.17) is 21.6 Å². The molecule has 0 spiro atoms. The average molecular weight is 240 g/mol. The summed E-state index contributed by atoms with van der Waals surface area (Å²) in [5, 5.41) is 19.4. The molecule has 0 aliphatic carbocycles. The van der Waals surface area contributed by atoms with Gasteiger partial charge < -0.3 is 9.84 Å². The van der Waals surface area contributed by atoms with E-state index < -0.39 is 12.0 Å². The molecule has 0 saturated heterocycles. The molecule has 2 atom stereocenters. The van der Waals surface area contributed by atoms with E-state index in [-0.39, 0.29) is 0 Å². The average Bonchev–Trinajstić information content (AvgIpc) is 2.29. The lowest BCUT2D eigenvalue weighted by atomic mass is 9.94. The van der Waals surface area contributed by atoms with Crippen LogP contribution in [-0.4, -0.2) is 12.2 Å². The molecule has 0 aromatic heterocycles. The molecule has 0 radical (unpaired) electrons. The zero-order valence-electron chi connectivity index (χ0n) is 9.27. The van der Waals surface area contributed by atoms with Crippen LogP contribution in [0, 0.1) is 17.2 Å². The Kier molecular flexibility index (Phi) is 4.60. The van der Waals surface area contributed by atoms with E-state index in [9.17, 15) is 5.11 Å². The van der Waals surface area contributed by atoms with Crippen LogP contribution >= 0.6 is 11.6 Å². The Bertz CT molecular complexity index is 400. The van der Waals surface area contributed by atoms with Crippen LogP contribution in [-0.2, 0) is 0 Å². The summed E-state index contributed by atoms with van der Waals surface area (Å²) >= 11 is 6.01. The summed E-state index contributed by atoms with van der Waals surface area (Å²) in [5.74, 6) is 0.0301. The summed E-state index contributed by atoms with van der Waals surface area (Å²) in [6.45, 7) is 1.85. The summed E-state index contributed by atoms with van der Waals surface area (Å²) < 4.78 is 5.13. The second-order valence-electron chi connectivity index (χ2n) is 3.44. The Hall–Kier alpha value is -1.24. The second-order valence-corrected chi connectivity index (χ2v) is 3.85. The number of nitrogens with zero attached hydrogens (tertiary/aromatic N) is 1. The van der Waals surface area contributed by atoms with E-state index in [1.165, 1.54) is 7.11 Å². The molecule has 2 unspecified atom stereocenters. The molecule has 4 heteroatoms. The molecule has 1 aromatic rings. The first-order valence-corrected chi connectivity index (χ1v) is 5.43. The van der Waals surface area contributed by atoms with Crippen molar-refractivity contribution in [3.05, 3.63) is 28.8 Å². The van der Waals surface area contributed by atoms with Crippen molar-refractivity contribution < 1.29 is 9.84 Å². The fraction of sp³-hybridized carbons (Fsp3) is 0.417. The molecule has 1 rings (SSSR count). The number of ether oxygens (including phenoxy) is 1. The summed E-state index contributed by atoms with van der Waals surface area (Å²) in [7, 11) is 1.51. The number of methoxy groups -OCH3 is 1. The summed E-state index contributed by atoms with van der Waals surface area (Å²) in [6, 6.07) is 7.20. The van der Waals surface area contributed by atoms with Crippen molar-refractivity contribution in [1.82, 2.24) is 0 Å². The smallest absolute Gasteiger partial charge is 0.126 e. The molecular weight excluding hydrogens is 226 g/mol. The van der Waals surface area contributed by atoms with Gasteiger partial charge in [0, 0.05) is 5.56 Å². The van der Waals surface area contributed by atoms with Crippen molar-refractivity contribution in [3.63, 3.8) is 0 Å². The van der Waals surface area contributed by atoms with E-state index in [0.29, 0.717) is 22.8 Å². The normalized spacial score (nSPS) is 13.9. The van der Waals surface area contributed by atoms with E-state index in [1.54, 1.807) is 18.2 Å². The molecule has 1 aromatic carbocycles. The number of hydrogen-bond donors (Lipinski definition) is 1. The number of hydrogen-bond acceptors (Lipinski definition) is 3. The third-order valence-electron chi connectivity index (χ3n) is 2.52. The number of halogens is 1. The van der Waals surface area contributed by atoms with Gasteiger partial charge in [-0.3, -0.25) is 0 Å². The van der Waals surface area contributed by atoms with Gasteiger partial charge in [0.25, 0.3) is 0 Å². The van der Waals surface area contributed by atoms with Gasteiger partial charge in [-0.15, -0.1) is 0 Å². The van der Waals surface area contributed by atoms with Crippen molar-refractivity contribution >= 4 is 11.6 Å². The lowest BCUT2D eigenvalue weighted by Crippen LogP contribution is -2.11. The zero-order valence-corrected chi connectivity index (χ0v) is 10.0. The molecule has 0 aliphatic rings. The maximum Gasteiger partial charge on any atom is 0.126 e. The molecule has 86 valence electrons. The van der Waals surface area contributed by atoms with Crippen LogP contribution in [0.1, 0.15) is 25.0 Å². The molecule has 0 fully saturated rings. The highest BCUT2D eigenvalue weighted by Gasteiger charge is 2.24.